The van der Waals surface area contributed by atoms with Crippen molar-refractivity contribution in [3.63, 3.8) is 0 Å². The maximum absolute atomic E-state index is 15.9. The van der Waals surface area contributed by atoms with Crippen molar-refractivity contribution >= 4 is 72.7 Å². The van der Waals surface area contributed by atoms with Gasteiger partial charge in [0.15, 0.2) is 35.9 Å². The van der Waals surface area contributed by atoms with Crippen LogP contribution in [0.3, 0.4) is 0 Å². The molecule has 7 heterocycles. The second-order valence-corrected chi connectivity index (χ2v) is 14.9. The molecule has 0 aromatic carbocycles. The van der Waals surface area contributed by atoms with Gasteiger partial charge in [-0.3, -0.25) is 22.9 Å². The van der Waals surface area contributed by atoms with Gasteiger partial charge in [-0.25, -0.2) is 28.9 Å². The van der Waals surface area contributed by atoms with Gasteiger partial charge in [0.1, 0.15) is 48.2 Å². The molecule has 3 aromatic rings. The zero-order valence-corrected chi connectivity index (χ0v) is 25.8. The molecule has 2 bridgehead atoms. The van der Waals surface area contributed by atoms with E-state index in [4.69, 9.17) is 56.7 Å². The van der Waals surface area contributed by atoms with E-state index in [0.717, 1.165) is 6.33 Å². The van der Waals surface area contributed by atoms with Crippen molar-refractivity contribution in [1.29, 1.82) is 0 Å². The molecule has 3 fully saturated rings. The molecule has 0 saturated carbocycles. The van der Waals surface area contributed by atoms with Crippen LogP contribution in [0.25, 0.3) is 11.2 Å². The second-order valence-electron chi connectivity index (χ2n) is 10.3. The minimum Gasteiger partial charge on any atom is -0.387 e. The third-order valence-electron chi connectivity index (χ3n) is 7.56. The maximum atomic E-state index is 15.9. The quantitative estimate of drug-likeness (QED) is 0.276. The number of carbonyl (C=O) groups excluding carboxylic acids is 1. The fraction of sp³-hybridized carbons (Fsp3) is 0.500. The smallest absolute Gasteiger partial charge is 0.387 e. The number of nitrogens with two attached hydrogens (primary N) is 1. The van der Waals surface area contributed by atoms with Gasteiger partial charge in [0, 0.05) is 18.8 Å². The van der Waals surface area contributed by atoms with Crippen LogP contribution in [0.5, 0.6) is 0 Å². The summed E-state index contributed by atoms with van der Waals surface area (Å²) >= 11 is 11.5. The molecular weight excluding hydrogens is 687 g/mol. The van der Waals surface area contributed by atoms with Gasteiger partial charge in [0.2, 0.25) is 0 Å². The Kier molecular flexibility index (Phi) is 7.97. The topological polar surface area (TPSA) is 237 Å². The van der Waals surface area contributed by atoms with Crippen molar-refractivity contribution in [2.24, 2.45) is 4.99 Å². The highest BCUT2D eigenvalue weighted by molar-refractivity contribution is 8.07. The van der Waals surface area contributed by atoms with E-state index < -0.39 is 76.9 Å². The first-order valence-electron chi connectivity index (χ1n) is 13.2. The Morgan fingerprint density at radius 1 is 1.07 bits per heavy atom. The van der Waals surface area contributed by atoms with Crippen molar-refractivity contribution in [3.05, 3.63) is 29.4 Å². The number of aliphatic hydroxyl groups excluding tert-OH is 1. The van der Waals surface area contributed by atoms with Crippen molar-refractivity contribution in [2.45, 2.75) is 55.6 Å². The van der Waals surface area contributed by atoms with E-state index in [1.165, 1.54) is 27.9 Å². The molecule has 0 spiro atoms. The first kappa shape index (κ1) is 31.3. The van der Waals surface area contributed by atoms with Gasteiger partial charge in [-0.05, 0) is 11.8 Å². The number of hydrogen-bond donors (Lipinski definition) is 4. The number of phosphoric acid groups is 1. The minimum absolute atomic E-state index is 0.0159. The molecule has 3 aromatic heterocycles. The third kappa shape index (κ3) is 5.57. The highest BCUT2D eigenvalue weighted by atomic mass is 35.5. The van der Waals surface area contributed by atoms with E-state index in [1.54, 1.807) is 0 Å². The number of imidazole rings is 1. The van der Waals surface area contributed by atoms with E-state index >= 15 is 4.39 Å². The largest absolute Gasteiger partial charge is 0.472 e. The average molecular weight is 710 g/mol. The van der Waals surface area contributed by atoms with Crippen LogP contribution >= 0.6 is 26.1 Å². The number of Topliss-reactive ketones (excluding diaryl/α,β-unsaturated/α-hetero) is 1. The number of anilines is 1. The van der Waals surface area contributed by atoms with Crippen LogP contribution in [0.1, 0.15) is 29.2 Å². The molecule has 0 amide bonds. The molecule has 0 aliphatic carbocycles. The molecular formula is C22H23ClFN7O11P2S. The number of ketones is 1. The summed E-state index contributed by atoms with van der Waals surface area (Å²) in [5.41, 5.74) is 6.20. The van der Waals surface area contributed by atoms with Crippen LogP contribution in [-0.2, 0) is 43.9 Å². The molecule has 5 N–H and O–H groups in total. The predicted octanol–water partition coefficient (Wildman–Crippen LogP) is 1.48. The molecule has 242 valence electrons. The van der Waals surface area contributed by atoms with Gasteiger partial charge >= 0.3 is 14.5 Å². The Balaban J connectivity index is 1.20. The molecule has 4 aliphatic rings. The Morgan fingerprint density at radius 3 is 2.62 bits per heavy atom. The number of fused-ring (bicyclic) bond motifs is 5. The van der Waals surface area contributed by atoms with Crippen molar-refractivity contribution < 1.29 is 56.2 Å². The molecule has 3 saturated heterocycles. The number of carbonyl (C=O) groups is 1. The van der Waals surface area contributed by atoms with Gasteiger partial charge in [-0.15, -0.1) is 0 Å². The number of phosphoric ester groups is 1. The number of hydrogen-bond acceptors (Lipinski definition) is 15. The monoisotopic (exact) mass is 709 g/mol. The average Bonchev–Trinajstić information content (AvgIpc) is 3.71. The van der Waals surface area contributed by atoms with E-state index in [2.05, 4.69) is 19.9 Å². The van der Waals surface area contributed by atoms with E-state index in [0.29, 0.717) is 0 Å². The Bertz CT molecular complexity index is 1810. The molecule has 18 nitrogen and oxygen atoms in total. The van der Waals surface area contributed by atoms with Crippen LogP contribution < -0.4 is 5.73 Å². The van der Waals surface area contributed by atoms with Crippen LogP contribution in [-0.4, -0.2) is 101 Å². The lowest BCUT2D eigenvalue weighted by Gasteiger charge is -2.28. The summed E-state index contributed by atoms with van der Waals surface area (Å²) in [4.78, 5) is 50.3. The maximum Gasteiger partial charge on any atom is 0.472 e. The SMILES string of the molecule is Nc1ncnc2c1ncn2[C@@H]1O[C@@H]2COP(O)(=S)O[C@@H]3[C@H](O)[C@@H](COP(=O)(O)O[C@H]2[C@H]1F)O[C@H]3n1cc(Cl)c2c1N=CCC2=O. The van der Waals surface area contributed by atoms with E-state index in [9.17, 15) is 24.3 Å². The standard InChI is InChI=1S/C22H23ClFN7O11P2S/c23-8-3-30(19-12(8)9(32)1-2-26-19)22-17-15(33)10(39-22)4-37-43(34,35)41-16-11(5-38-44(36,45)42-17)40-21(13(16)24)31-7-29-14-18(25)27-6-28-20(14)31/h2-3,6-7,10-11,13,15-17,21-22,33H,1,4-5H2,(H,34,35)(H,36,45)(H2,25,27,28)/t10-,11-,13-,15-,16-,17-,21-,22-,44?/m1/s1. The molecule has 2 unspecified atom stereocenters. The Hall–Kier alpha value is -2.29. The number of nitrogen functional groups attached to an aromatic ring is 1. The molecule has 45 heavy (non-hydrogen) atoms. The third-order valence-corrected chi connectivity index (χ3v) is 10.4. The second kappa shape index (κ2) is 11.4. The van der Waals surface area contributed by atoms with E-state index in [-0.39, 0.29) is 45.6 Å². The van der Waals surface area contributed by atoms with Crippen molar-refractivity contribution in [2.75, 3.05) is 18.9 Å². The summed E-state index contributed by atoms with van der Waals surface area (Å²) in [5.74, 6) is -0.195. The van der Waals surface area contributed by atoms with Crippen LogP contribution in [0, 0.1) is 0 Å². The number of ether oxygens (including phenoxy) is 2. The zero-order chi connectivity index (χ0) is 31.8. The minimum atomic E-state index is -5.08. The highest BCUT2D eigenvalue weighted by Gasteiger charge is 2.54. The number of alkyl halides is 1. The van der Waals surface area contributed by atoms with Gasteiger partial charge in [-0.2, -0.15) is 0 Å². The normalized spacial score (nSPS) is 38.8. The number of nitrogens with zero attached hydrogens (tertiary/aromatic N) is 6. The summed E-state index contributed by atoms with van der Waals surface area (Å²) in [6.45, 7) is -5.76. The summed E-state index contributed by atoms with van der Waals surface area (Å²) < 4.78 is 64.7. The van der Waals surface area contributed by atoms with Gasteiger partial charge in [0.05, 0.1) is 30.1 Å². The fourth-order valence-corrected chi connectivity index (χ4v) is 8.18. The lowest BCUT2D eigenvalue weighted by Crippen LogP contribution is -2.35. The Morgan fingerprint density at radius 2 is 1.82 bits per heavy atom. The van der Waals surface area contributed by atoms with Crippen molar-refractivity contribution in [1.82, 2.24) is 24.1 Å². The Labute approximate surface area is 261 Å². The van der Waals surface area contributed by atoms with Gasteiger partial charge in [-0.1, -0.05) is 11.6 Å². The summed E-state index contributed by atoms with van der Waals surface area (Å²) in [7, 11) is -5.08. The summed E-state index contributed by atoms with van der Waals surface area (Å²) in [5, 5.41) is 11.2. The highest BCUT2D eigenvalue weighted by Crippen LogP contribution is 2.54. The number of halogens is 2. The number of aromatic nitrogens is 5. The number of aliphatic hydroxyl groups is 1. The molecule has 23 heteroatoms. The predicted molar refractivity (Wildman–Crippen MR) is 153 cm³/mol. The van der Waals surface area contributed by atoms with Crippen LogP contribution in [0.15, 0.2) is 23.8 Å². The first-order valence-corrected chi connectivity index (χ1v) is 17.6. The summed E-state index contributed by atoms with van der Waals surface area (Å²) in [6, 6.07) is 0. The molecule has 10 atom stereocenters. The van der Waals surface area contributed by atoms with Crippen molar-refractivity contribution in [3.8, 4) is 0 Å². The van der Waals surface area contributed by atoms with Crippen LogP contribution in [0.4, 0.5) is 16.0 Å². The molecule has 4 aliphatic heterocycles. The van der Waals surface area contributed by atoms with E-state index in [1.807, 2.05) is 0 Å². The first-order chi connectivity index (χ1) is 21.3. The van der Waals surface area contributed by atoms with Crippen LogP contribution in [0.2, 0.25) is 5.02 Å². The van der Waals surface area contributed by atoms with Gasteiger partial charge in [0.25, 0.3) is 0 Å². The molecule has 7 rings (SSSR count). The number of rotatable bonds is 2. The number of aliphatic imine (C=N–C) groups is 1. The molecule has 0 radical (unpaired) electrons. The lowest BCUT2D eigenvalue weighted by molar-refractivity contribution is -0.0639. The summed E-state index contributed by atoms with van der Waals surface area (Å²) in [6.07, 6.45) is -7.67. The van der Waals surface area contributed by atoms with Gasteiger partial charge < -0.3 is 39.2 Å². The lowest BCUT2D eigenvalue weighted by atomic mass is 10.1. The zero-order valence-electron chi connectivity index (χ0n) is 22.5. The fourth-order valence-electron chi connectivity index (χ4n) is 5.52.